The van der Waals surface area contributed by atoms with E-state index in [-0.39, 0.29) is 0 Å². The van der Waals surface area contributed by atoms with Gasteiger partial charge in [0, 0.05) is 6.20 Å². The summed E-state index contributed by atoms with van der Waals surface area (Å²) in [6.45, 7) is 0. The minimum atomic E-state index is 1.09. The highest BCUT2D eigenvalue weighted by molar-refractivity contribution is 6.41. The second-order valence-corrected chi connectivity index (χ2v) is 6.55. The van der Waals surface area contributed by atoms with E-state index in [1.165, 1.54) is 0 Å². The van der Waals surface area contributed by atoms with Crippen molar-refractivity contribution in [2.24, 2.45) is 0 Å². The molecule has 0 bridgehead atoms. The van der Waals surface area contributed by atoms with Crippen molar-refractivity contribution in [2.45, 2.75) is 0 Å². The first-order valence-corrected chi connectivity index (χ1v) is 4.68. The van der Waals surface area contributed by atoms with Crippen LogP contribution in [0.15, 0.2) is 24.4 Å². The molecule has 2 nitrogen and oxygen atoms in total. The Morgan fingerprint density at radius 3 is 2.44 bits per heavy atom. The maximum absolute atomic E-state index is 4.17. The zero-order valence-corrected chi connectivity index (χ0v) is 9.70. The monoisotopic (exact) mass is 154 g/mol. The largest absolute Gasteiger partial charge is 0.425 e. The molecule has 0 unspecified atom stereocenters. The molecule has 1 heterocycles. The molecule has 0 atom stereocenters. The van der Waals surface area contributed by atoms with Gasteiger partial charge in [-0.05, 0) is 12.1 Å². The highest BCUT2D eigenvalue weighted by Gasteiger charge is 1.88. The molecule has 0 spiro atoms. The molecule has 1 aromatic rings. The Labute approximate surface area is 60.9 Å². The van der Waals surface area contributed by atoms with Gasteiger partial charge in [-0.25, -0.2) is 4.98 Å². The van der Waals surface area contributed by atoms with Crippen LogP contribution in [-0.4, -0.2) is 25.8 Å². The quantitative estimate of drug-likeness (QED) is 0.455. The summed E-state index contributed by atoms with van der Waals surface area (Å²) >= 11 is 0. The van der Waals surface area contributed by atoms with Crippen LogP contribution in [0.2, 0.25) is 0 Å². The van der Waals surface area contributed by atoms with E-state index >= 15 is 0 Å². The van der Waals surface area contributed by atoms with Gasteiger partial charge in [-0.15, -0.1) is 0 Å². The van der Waals surface area contributed by atoms with Crippen molar-refractivity contribution < 1.29 is 0 Å². The molecule has 0 saturated carbocycles. The zero-order valence-electron chi connectivity index (χ0n) is 5.70. The van der Waals surface area contributed by atoms with Crippen LogP contribution in [0.1, 0.15) is 0 Å². The fourth-order valence-corrected chi connectivity index (χ4v) is 1.15. The third kappa shape index (κ3) is 1.65. The van der Waals surface area contributed by atoms with Crippen molar-refractivity contribution in [1.29, 1.82) is 0 Å². The maximum Gasteiger partial charge on any atom is 0.111 e. The Bertz CT molecular complexity index is 176. The van der Waals surface area contributed by atoms with Gasteiger partial charge in [0.15, 0.2) is 0 Å². The van der Waals surface area contributed by atoms with E-state index in [1.807, 2.05) is 24.4 Å². The summed E-state index contributed by atoms with van der Waals surface area (Å²) in [6, 6.07) is 6.00. The predicted molar refractivity (Wildman–Crippen MR) is 46.6 cm³/mol. The molecule has 0 aliphatic carbocycles. The molecule has 0 radical (unpaired) electrons. The molecule has 0 fully saturated rings. The molecule has 1 rings (SSSR count). The van der Waals surface area contributed by atoms with Gasteiger partial charge in [0.1, 0.15) is 5.82 Å². The Morgan fingerprint density at radius 1 is 1.33 bits per heavy atom. The van der Waals surface area contributed by atoms with E-state index < -0.39 is 0 Å². The van der Waals surface area contributed by atoms with E-state index in [2.05, 4.69) is 9.22 Å². The lowest BCUT2D eigenvalue weighted by molar-refractivity contribution is 1.30. The van der Waals surface area contributed by atoms with Crippen LogP contribution in [-0.2, 0) is 0 Å². The predicted octanol–water partition coefficient (Wildman–Crippen LogP) is -1.55. The van der Waals surface area contributed by atoms with Crippen molar-refractivity contribution in [2.75, 3.05) is 4.23 Å². The van der Waals surface area contributed by atoms with E-state index in [0.717, 1.165) is 26.6 Å². The Kier molecular flexibility index (Phi) is 2.02. The normalized spacial score (nSPS) is 9.78. The highest BCUT2D eigenvalue weighted by atomic mass is 28.2. The number of anilines is 1. The number of rotatable bonds is 1. The van der Waals surface area contributed by atoms with E-state index in [0.29, 0.717) is 0 Å². The molecule has 0 aromatic carbocycles. The van der Waals surface area contributed by atoms with Crippen LogP contribution in [0.3, 0.4) is 0 Å². The van der Waals surface area contributed by atoms with Gasteiger partial charge in [0.2, 0.25) is 0 Å². The summed E-state index contributed by atoms with van der Waals surface area (Å²) in [5.74, 6) is 1.12. The van der Waals surface area contributed by atoms with Crippen molar-refractivity contribution in [1.82, 2.24) is 4.98 Å². The van der Waals surface area contributed by atoms with E-state index in [1.54, 1.807) is 0 Å². The Balaban J connectivity index is 2.85. The van der Waals surface area contributed by atoms with Crippen LogP contribution in [0.4, 0.5) is 5.82 Å². The van der Waals surface area contributed by atoms with Crippen molar-refractivity contribution >= 4 is 26.6 Å². The van der Waals surface area contributed by atoms with Gasteiger partial charge >= 0.3 is 0 Å². The van der Waals surface area contributed by atoms with Crippen LogP contribution in [0, 0.1) is 0 Å². The van der Waals surface area contributed by atoms with E-state index in [9.17, 15) is 0 Å². The van der Waals surface area contributed by atoms with Gasteiger partial charge in [0.05, 0.1) is 20.8 Å². The van der Waals surface area contributed by atoms with Crippen molar-refractivity contribution in [3.63, 3.8) is 0 Å². The van der Waals surface area contributed by atoms with Crippen molar-refractivity contribution in [3.8, 4) is 0 Å². The molecule has 0 aliphatic rings. The smallest absolute Gasteiger partial charge is 0.111 e. The first kappa shape index (κ1) is 6.50. The average Bonchev–Trinajstić information content (AvgIpc) is 1.90. The van der Waals surface area contributed by atoms with Gasteiger partial charge in [-0.2, -0.15) is 0 Å². The fourth-order valence-electron chi connectivity index (χ4n) is 0.618. The number of hydrogen-bond acceptors (Lipinski definition) is 2. The lowest BCUT2D eigenvalue weighted by Crippen LogP contribution is -2.14. The first-order valence-electron chi connectivity index (χ1n) is 2.89. The summed E-state index contributed by atoms with van der Waals surface area (Å²) in [5, 5.41) is 0. The molecule has 0 N–H and O–H groups in total. The lowest BCUT2D eigenvalue weighted by Gasteiger charge is -2.10. The van der Waals surface area contributed by atoms with Crippen LogP contribution in [0.25, 0.3) is 0 Å². The topological polar surface area (TPSA) is 16.1 Å². The molecule has 4 heteroatoms. The van der Waals surface area contributed by atoms with Gasteiger partial charge < -0.3 is 4.23 Å². The van der Waals surface area contributed by atoms with Gasteiger partial charge in [0.25, 0.3) is 0 Å². The van der Waals surface area contributed by atoms with Crippen molar-refractivity contribution in [3.05, 3.63) is 24.4 Å². The number of nitrogens with zero attached hydrogens (tertiary/aromatic N) is 2. The summed E-state index contributed by atoms with van der Waals surface area (Å²) < 4.78 is 2.25. The summed E-state index contributed by atoms with van der Waals surface area (Å²) in [5.41, 5.74) is 0. The van der Waals surface area contributed by atoms with Gasteiger partial charge in [-0.1, -0.05) is 6.07 Å². The number of aromatic nitrogens is 1. The average molecular weight is 154 g/mol. The summed E-state index contributed by atoms with van der Waals surface area (Å²) in [6.07, 6.45) is 1.83. The molecule has 48 valence electrons. The second-order valence-electron chi connectivity index (χ2n) is 2.08. The molecule has 1 aromatic heterocycles. The molecule has 0 aliphatic heterocycles. The van der Waals surface area contributed by atoms with Crippen LogP contribution >= 0.6 is 0 Å². The van der Waals surface area contributed by atoms with Crippen LogP contribution in [0.5, 0.6) is 0 Å². The SMILES string of the molecule is [SiH3]N([SiH3])c1ccccn1. The third-order valence-electron chi connectivity index (χ3n) is 1.11. The standard InChI is InChI=1S/C5H10N2Si2/c8-7(9)5-3-1-2-4-6-5/h1-4H,8-9H3. The zero-order chi connectivity index (χ0) is 6.69. The lowest BCUT2D eigenvalue weighted by atomic mass is 10.5. The molecule has 0 amide bonds. The minimum Gasteiger partial charge on any atom is -0.425 e. The second kappa shape index (κ2) is 2.79. The number of hydrogen-bond donors (Lipinski definition) is 0. The Hall–Kier alpha value is -0.616. The molecule has 0 saturated heterocycles. The minimum absolute atomic E-state index is 1.09. The highest BCUT2D eigenvalue weighted by Crippen LogP contribution is 2.01. The van der Waals surface area contributed by atoms with Crippen LogP contribution < -0.4 is 4.23 Å². The third-order valence-corrected chi connectivity index (χ3v) is 2.02. The molecule has 9 heavy (non-hydrogen) atoms. The summed E-state index contributed by atoms with van der Waals surface area (Å²) in [7, 11) is 2.18. The number of pyridine rings is 1. The maximum atomic E-state index is 4.17. The van der Waals surface area contributed by atoms with Gasteiger partial charge in [-0.3, -0.25) is 0 Å². The molecular formula is C5H10N2Si2. The summed E-state index contributed by atoms with van der Waals surface area (Å²) in [4.78, 5) is 4.17. The molecular weight excluding hydrogens is 144 g/mol. The first-order chi connectivity index (χ1) is 4.30. The fraction of sp³-hybridized carbons (Fsp3) is 0. The Morgan fingerprint density at radius 2 is 2.11 bits per heavy atom. The van der Waals surface area contributed by atoms with E-state index in [4.69, 9.17) is 0 Å².